The Hall–Kier alpha value is -3.28. The zero-order chi connectivity index (χ0) is 16.4. The molecule has 3 rings (SSSR count). The first kappa shape index (κ1) is 14.6. The lowest BCUT2D eigenvalue weighted by molar-refractivity contribution is 1.43. The van der Waals surface area contributed by atoms with Crippen LogP contribution in [0, 0.1) is 22.7 Å². The molecule has 110 valence electrons. The van der Waals surface area contributed by atoms with Crippen molar-refractivity contribution >= 4 is 39.1 Å². The number of anilines is 1. The molecule has 3 aromatic rings. The van der Waals surface area contributed by atoms with Crippen LogP contribution in [0.25, 0.3) is 21.8 Å². The van der Waals surface area contributed by atoms with Crippen LogP contribution in [0.1, 0.15) is 0 Å². The Bertz CT molecular complexity index is 1080. The number of hydrogen-bond donors (Lipinski definition) is 2. The third-order valence-corrected chi connectivity index (χ3v) is 3.75. The summed E-state index contributed by atoms with van der Waals surface area (Å²) in [5.74, 6) is 0. The maximum absolute atomic E-state index is 12.6. The molecule has 0 bridgehead atoms. The number of aromatic amines is 1. The second-order valence-electron chi connectivity index (χ2n) is 4.77. The van der Waals surface area contributed by atoms with Crippen molar-refractivity contribution in [3.05, 3.63) is 63.4 Å². The zero-order valence-corrected chi connectivity index (χ0v) is 12.5. The fourth-order valence-electron chi connectivity index (χ4n) is 2.35. The Morgan fingerprint density at radius 1 is 1.09 bits per heavy atom. The van der Waals surface area contributed by atoms with Gasteiger partial charge in [0.1, 0.15) is 17.7 Å². The van der Waals surface area contributed by atoms with Crippen LogP contribution in [0.3, 0.4) is 0 Å². The largest absolute Gasteiger partial charge is 0.358 e. The van der Waals surface area contributed by atoms with E-state index in [-0.39, 0.29) is 11.0 Å². The van der Waals surface area contributed by atoms with Crippen LogP contribution >= 0.6 is 11.6 Å². The summed E-state index contributed by atoms with van der Waals surface area (Å²) in [6, 6.07) is 13.8. The molecule has 0 saturated heterocycles. The zero-order valence-electron chi connectivity index (χ0n) is 11.7. The molecule has 2 N–H and O–H groups in total. The minimum absolute atomic E-state index is 0.0665. The summed E-state index contributed by atoms with van der Waals surface area (Å²) in [5.41, 5.74) is 1.48. The second-order valence-corrected chi connectivity index (χ2v) is 5.18. The SMILES string of the molecule is N#CC(C#N)=CNc1cccc2c(=O)c3cccc(Cl)c3[nH]c12. The number of nitriles is 2. The Balaban J connectivity index is 2.30. The highest BCUT2D eigenvalue weighted by molar-refractivity contribution is 6.35. The first-order chi connectivity index (χ1) is 11.2. The quantitative estimate of drug-likeness (QED) is 0.556. The van der Waals surface area contributed by atoms with E-state index < -0.39 is 0 Å². The van der Waals surface area contributed by atoms with Crippen LogP contribution < -0.4 is 10.7 Å². The van der Waals surface area contributed by atoms with Gasteiger partial charge in [0.25, 0.3) is 0 Å². The summed E-state index contributed by atoms with van der Waals surface area (Å²) in [5, 5.41) is 21.9. The normalized spacial score (nSPS) is 10.0. The predicted molar refractivity (Wildman–Crippen MR) is 90.0 cm³/mol. The molecule has 0 saturated carbocycles. The van der Waals surface area contributed by atoms with Gasteiger partial charge in [0, 0.05) is 17.0 Å². The molecule has 0 atom stereocenters. The lowest BCUT2D eigenvalue weighted by Gasteiger charge is -2.09. The monoisotopic (exact) mass is 320 g/mol. The average Bonchev–Trinajstić information content (AvgIpc) is 2.57. The standard InChI is InChI=1S/C17H9ClN4O/c18-13-5-1-3-11-15(13)22-16-12(17(11)23)4-2-6-14(16)21-9-10(7-19)8-20/h1-6,9,21H,(H,22,23). The minimum atomic E-state index is -0.135. The van der Waals surface area contributed by atoms with Crippen LogP contribution in [0.5, 0.6) is 0 Å². The number of benzene rings is 2. The van der Waals surface area contributed by atoms with E-state index in [1.807, 2.05) is 0 Å². The van der Waals surface area contributed by atoms with Crippen molar-refractivity contribution in [2.24, 2.45) is 0 Å². The molecule has 0 aliphatic rings. The van der Waals surface area contributed by atoms with E-state index >= 15 is 0 Å². The molecule has 1 aromatic heterocycles. The maximum Gasteiger partial charge on any atom is 0.197 e. The fraction of sp³-hybridized carbons (Fsp3) is 0. The molecular formula is C17H9ClN4O. The van der Waals surface area contributed by atoms with Crippen LogP contribution in [-0.2, 0) is 0 Å². The highest BCUT2D eigenvalue weighted by atomic mass is 35.5. The molecule has 23 heavy (non-hydrogen) atoms. The number of nitrogens with one attached hydrogen (secondary N) is 2. The maximum atomic E-state index is 12.6. The molecule has 0 radical (unpaired) electrons. The number of aromatic nitrogens is 1. The highest BCUT2D eigenvalue weighted by Crippen LogP contribution is 2.25. The summed E-state index contributed by atoms with van der Waals surface area (Å²) >= 11 is 6.17. The second kappa shape index (κ2) is 5.84. The van der Waals surface area contributed by atoms with Gasteiger partial charge in [0.15, 0.2) is 5.43 Å². The molecule has 6 heteroatoms. The molecule has 5 nitrogen and oxygen atoms in total. The lowest BCUT2D eigenvalue weighted by Crippen LogP contribution is -2.05. The van der Waals surface area contributed by atoms with Gasteiger partial charge in [-0.1, -0.05) is 23.7 Å². The fourth-order valence-corrected chi connectivity index (χ4v) is 2.57. The topological polar surface area (TPSA) is 92.5 Å². The number of hydrogen-bond acceptors (Lipinski definition) is 4. The van der Waals surface area contributed by atoms with E-state index in [1.165, 1.54) is 6.20 Å². The third kappa shape index (κ3) is 2.50. The third-order valence-electron chi connectivity index (χ3n) is 3.43. The molecule has 2 aromatic carbocycles. The molecular weight excluding hydrogens is 312 g/mol. The molecule has 0 amide bonds. The molecule has 0 aliphatic carbocycles. The van der Waals surface area contributed by atoms with Gasteiger partial charge < -0.3 is 10.3 Å². The summed E-state index contributed by atoms with van der Waals surface area (Å²) in [6.45, 7) is 0. The van der Waals surface area contributed by atoms with Crippen molar-refractivity contribution in [3.8, 4) is 12.1 Å². The Morgan fingerprint density at radius 2 is 1.74 bits per heavy atom. The van der Waals surface area contributed by atoms with E-state index in [4.69, 9.17) is 22.1 Å². The summed E-state index contributed by atoms with van der Waals surface area (Å²) in [4.78, 5) is 15.8. The molecule has 0 spiro atoms. The predicted octanol–water partition coefficient (Wildman–Crippen LogP) is 3.68. The van der Waals surface area contributed by atoms with E-state index in [1.54, 1.807) is 48.5 Å². The van der Waals surface area contributed by atoms with Gasteiger partial charge in [-0.15, -0.1) is 0 Å². The van der Waals surface area contributed by atoms with Gasteiger partial charge in [-0.25, -0.2) is 0 Å². The van der Waals surface area contributed by atoms with Gasteiger partial charge in [-0.05, 0) is 24.3 Å². The van der Waals surface area contributed by atoms with Gasteiger partial charge in [0.05, 0.1) is 21.7 Å². The van der Waals surface area contributed by atoms with Gasteiger partial charge >= 0.3 is 0 Å². The van der Waals surface area contributed by atoms with Crippen LogP contribution in [0.2, 0.25) is 5.02 Å². The van der Waals surface area contributed by atoms with Crippen molar-refractivity contribution in [2.45, 2.75) is 0 Å². The number of pyridine rings is 1. The van der Waals surface area contributed by atoms with Gasteiger partial charge in [-0.2, -0.15) is 10.5 Å². The number of nitrogens with zero attached hydrogens (tertiary/aromatic N) is 2. The van der Waals surface area contributed by atoms with Crippen molar-refractivity contribution in [1.29, 1.82) is 10.5 Å². The van der Waals surface area contributed by atoms with E-state index in [0.717, 1.165) is 0 Å². The van der Waals surface area contributed by atoms with Crippen molar-refractivity contribution < 1.29 is 0 Å². The van der Waals surface area contributed by atoms with Crippen LogP contribution in [0.4, 0.5) is 5.69 Å². The van der Waals surface area contributed by atoms with Crippen molar-refractivity contribution in [1.82, 2.24) is 4.98 Å². The molecule has 0 fully saturated rings. The Morgan fingerprint density at radius 3 is 2.43 bits per heavy atom. The van der Waals surface area contributed by atoms with Crippen molar-refractivity contribution in [3.63, 3.8) is 0 Å². The number of rotatable bonds is 2. The highest BCUT2D eigenvalue weighted by Gasteiger charge is 2.10. The minimum Gasteiger partial charge on any atom is -0.358 e. The van der Waals surface area contributed by atoms with Crippen molar-refractivity contribution in [2.75, 3.05) is 5.32 Å². The smallest absolute Gasteiger partial charge is 0.197 e. The van der Waals surface area contributed by atoms with Gasteiger partial charge in [0.2, 0.25) is 0 Å². The number of H-pyrrole nitrogens is 1. The first-order valence-corrected chi connectivity index (χ1v) is 7.03. The number of fused-ring (bicyclic) bond motifs is 2. The molecule has 1 heterocycles. The van der Waals surface area contributed by atoms with Crippen LogP contribution in [0.15, 0.2) is 53.0 Å². The Labute approximate surface area is 136 Å². The van der Waals surface area contributed by atoms with E-state index in [2.05, 4.69) is 10.3 Å². The molecule has 0 unspecified atom stereocenters. The van der Waals surface area contributed by atoms with E-state index in [0.29, 0.717) is 32.5 Å². The number of para-hydroxylation sites is 2. The number of allylic oxidation sites excluding steroid dienone is 1. The van der Waals surface area contributed by atoms with Gasteiger partial charge in [-0.3, -0.25) is 4.79 Å². The summed E-state index contributed by atoms with van der Waals surface area (Å²) in [6.07, 6.45) is 1.30. The summed E-state index contributed by atoms with van der Waals surface area (Å²) < 4.78 is 0. The summed E-state index contributed by atoms with van der Waals surface area (Å²) in [7, 11) is 0. The van der Waals surface area contributed by atoms with E-state index in [9.17, 15) is 4.79 Å². The van der Waals surface area contributed by atoms with Crippen LogP contribution in [-0.4, -0.2) is 4.98 Å². The average molecular weight is 321 g/mol. The lowest BCUT2D eigenvalue weighted by atomic mass is 10.1. The first-order valence-electron chi connectivity index (χ1n) is 6.66. The number of halogens is 1. The Kier molecular flexibility index (Phi) is 3.72. The molecule has 0 aliphatic heterocycles.